The van der Waals surface area contributed by atoms with Crippen molar-refractivity contribution in [2.45, 2.75) is 9.79 Å². The molecule has 2 amide bonds. The molecule has 0 fully saturated rings. The zero-order valence-electron chi connectivity index (χ0n) is 15.6. The van der Waals surface area contributed by atoms with E-state index in [0.717, 1.165) is 6.26 Å². The second kappa shape index (κ2) is 7.88. The van der Waals surface area contributed by atoms with E-state index in [0.29, 0.717) is 4.31 Å². The highest BCUT2D eigenvalue weighted by atomic mass is 32.2. The third kappa shape index (κ3) is 4.33. The standard InChI is InChI=1S/C18H16N2O8S2/c1-29(24,25)13-8-6-12(7-9-13)19-16(21)11-28-17(22)10-20-18(23)14-4-2-3-5-15(14)30(20,26)27/h2-9H,10-11H2,1H3,(H,19,21). The molecule has 2 aromatic rings. The summed E-state index contributed by atoms with van der Waals surface area (Å²) < 4.78 is 52.7. The highest BCUT2D eigenvalue weighted by Gasteiger charge is 2.42. The van der Waals surface area contributed by atoms with Crippen molar-refractivity contribution in [1.82, 2.24) is 4.31 Å². The summed E-state index contributed by atoms with van der Waals surface area (Å²) in [5, 5.41) is 2.40. The van der Waals surface area contributed by atoms with Gasteiger partial charge < -0.3 is 10.1 Å². The van der Waals surface area contributed by atoms with Gasteiger partial charge in [0.05, 0.1) is 10.5 Å². The van der Waals surface area contributed by atoms with E-state index in [9.17, 15) is 31.2 Å². The minimum absolute atomic E-state index is 0.0411. The Morgan fingerprint density at radius 1 is 1.07 bits per heavy atom. The molecule has 2 aromatic carbocycles. The van der Waals surface area contributed by atoms with Crippen molar-refractivity contribution in [3.63, 3.8) is 0 Å². The maximum absolute atomic E-state index is 12.4. The zero-order chi connectivity index (χ0) is 22.1. The smallest absolute Gasteiger partial charge is 0.327 e. The number of benzene rings is 2. The maximum atomic E-state index is 12.4. The zero-order valence-corrected chi connectivity index (χ0v) is 17.2. The van der Waals surface area contributed by atoms with Crippen LogP contribution in [0.15, 0.2) is 58.3 Å². The monoisotopic (exact) mass is 452 g/mol. The molecule has 158 valence electrons. The second-order valence-electron chi connectivity index (χ2n) is 6.32. The molecule has 10 nitrogen and oxygen atoms in total. The van der Waals surface area contributed by atoms with Crippen molar-refractivity contribution in [2.75, 3.05) is 24.7 Å². The van der Waals surface area contributed by atoms with Crippen molar-refractivity contribution in [3.8, 4) is 0 Å². The lowest BCUT2D eigenvalue weighted by atomic mass is 10.2. The van der Waals surface area contributed by atoms with Crippen LogP contribution < -0.4 is 5.32 Å². The summed E-state index contributed by atoms with van der Waals surface area (Å²) in [6.45, 7) is -1.59. The summed E-state index contributed by atoms with van der Waals surface area (Å²) in [6, 6.07) is 10.9. The van der Waals surface area contributed by atoms with E-state index in [4.69, 9.17) is 4.74 Å². The van der Waals surface area contributed by atoms with Crippen LogP contribution in [-0.4, -0.2) is 58.3 Å². The molecule has 0 unspecified atom stereocenters. The minimum atomic E-state index is -4.16. The molecule has 30 heavy (non-hydrogen) atoms. The van der Waals surface area contributed by atoms with Gasteiger partial charge in [0.2, 0.25) is 0 Å². The molecule has 0 saturated heterocycles. The lowest BCUT2D eigenvalue weighted by molar-refractivity contribution is -0.147. The number of nitrogens with zero attached hydrogens (tertiary/aromatic N) is 1. The Labute approximate surface area is 172 Å². The highest BCUT2D eigenvalue weighted by Crippen LogP contribution is 2.29. The number of carbonyl (C=O) groups excluding carboxylic acids is 3. The number of carbonyl (C=O) groups is 3. The van der Waals surface area contributed by atoms with E-state index in [1.807, 2.05) is 0 Å². The lowest BCUT2D eigenvalue weighted by Crippen LogP contribution is -2.36. The first-order chi connectivity index (χ1) is 14.0. The van der Waals surface area contributed by atoms with Gasteiger partial charge in [-0.3, -0.25) is 14.4 Å². The van der Waals surface area contributed by atoms with Crippen LogP contribution >= 0.6 is 0 Å². The molecule has 1 N–H and O–H groups in total. The molecule has 3 rings (SSSR count). The predicted molar refractivity (Wildman–Crippen MR) is 104 cm³/mol. The number of nitrogens with one attached hydrogen (secondary N) is 1. The van der Waals surface area contributed by atoms with Crippen LogP contribution in [0.25, 0.3) is 0 Å². The Balaban J connectivity index is 1.56. The van der Waals surface area contributed by atoms with E-state index >= 15 is 0 Å². The van der Waals surface area contributed by atoms with Crippen molar-refractivity contribution < 1.29 is 36.0 Å². The predicted octanol–water partition coefficient (Wildman–Crippen LogP) is 0.416. The van der Waals surface area contributed by atoms with Crippen LogP contribution in [0.2, 0.25) is 0 Å². The highest BCUT2D eigenvalue weighted by molar-refractivity contribution is 7.90. The molecular weight excluding hydrogens is 436 g/mol. The van der Waals surface area contributed by atoms with Gasteiger partial charge >= 0.3 is 5.97 Å². The molecule has 1 aliphatic rings. The fourth-order valence-corrected chi connectivity index (χ4v) is 4.82. The summed E-state index contributed by atoms with van der Waals surface area (Å²) in [7, 11) is -7.54. The number of sulfone groups is 1. The van der Waals surface area contributed by atoms with E-state index in [-0.39, 0.29) is 21.0 Å². The second-order valence-corrected chi connectivity index (χ2v) is 10.2. The van der Waals surface area contributed by atoms with Crippen molar-refractivity contribution in [2.24, 2.45) is 0 Å². The molecule has 0 saturated carbocycles. The largest absolute Gasteiger partial charge is 0.454 e. The van der Waals surface area contributed by atoms with E-state index in [1.54, 1.807) is 0 Å². The number of hydrogen-bond donors (Lipinski definition) is 1. The van der Waals surface area contributed by atoms with Crippen LogP contribution in [0.4, 0.5) is 5.69 Å². The number of fused-ring (bicyclic) bond motifs is 1. The van der Waals surface area contributed by atoms with Crippen molar-refractivity contribution in [1.29, 1.82) is 0 Å². The molecule has 0 aromatic heterocycles. The van der Waals surface area contributed by atoms with Crippen LogP contribution in [0, 0.1) is 0 Å². The molecule has 0 spiro atoms. The summed E-state index contributed by atoms with van der Waals surface area (Å²) in [4.78, 5) is 36.0. The third-order valence-electron chi connectivity index (χ3n) is 4.12. The van der Waals surface area contributed by atoms with Crippen LogP contribution in [0.3, 0.4) is 0 Å². The summed E-state index contributed by atoms with van der Waals surface area (Å²) in [5.41, 5.74) is 0.233. The first-order valence-electron chi connectivity index (χ1n) is 8.42. The number of sulfonamides is 1. The van der Waals surface area contributed by atoms with Gasteiger partial charge in [-0.15, -0.1) is 0 Å². The van der Waals surface area contributed by atoms with Gasteiger partial charge in [0.15, 0.2) is 16.4 Å². The van der Waals surface area contributed by atoms with Crippen LogP contribution in [0.1, 0.15) is 10.4 Å². The molecular formula is C18H16N2O8S2. The number of ether oxygens (including phenoxy) is 1. The number of amides is 2. The van der Waals surface area contributed by atoms with Gasteiger partial charge in [-0.25, -0.2) is 21.1 Å². The van der Waals surface area contributed by atoms with Gasteiger partial charge in [0.1, 0.15) is 11.4 Å². The Hall–Kier alpha value is -3.25. The summed E-state index contributed by atoms with van der Waals surface area (Å²) in [5.74, 6) is -2.66. The Morgan fingerprint density at radius 2 is 1.70 bits per heavy atom. The third-order valence-corrected chi connectivity index (χ3v) is 7.03. The first-order valence-corrected chi connectivity index (χ1v) is 11.7. The average Bonchev–Trinajstić information content (AvgIpc) is 2.87. The average molecular weight is 452 g/mol. The van der Waals surface area contributed by atoms with Crippen molar-refractivity contribution >= 4 is 43.3 Å². The van der Waals surface area contributed by atoms with Crippen LogP contribution in [0.5, 0.6) is 0 Å². The minimum Gasteiger partial charge on any atom is -0.454 e. The molecule has 1 aliphatic heterocycles. The maximum Gasteiger partial charge on any atom is 0.327 e. The molecule has 0 radical (unpaired) electrons. The van der Waals surface area contributed by atoms with E-state index in [1.165, 1.54) is 48.5 Å². The molecule has 12 heteroatoms. The van der Waals surface area contributed by atoms with E-state index < -0.39 is 50.8 Å². The summed E-state index contributed by atoms with van der Waals surface area (Å²) >= 11 is 0. The van der Waals surface area contributed by atoms with Gasteiger partial charge in [0, 0.05) is 11.9 Å². The lowest BCUT2D eigenvalue weighted by Gasteiger charge is -2.14. The molecule has 0 atom stereocenters. The van der Waals surface area contributed by atoms with Gasteiger partial charge in [-0.1, -0.05) is 12.1 Å². The fourth-order valence-electron chi connectivity index (χ4n) is 2.68. The van der Waals surface area contributed by atoms with E-state index in [2.05, 4.69) is 5.32 Å². The molecule has 0 bridgehead atoms. The Morgan fingerprint density at radius 3 is 2.30 bits per heavy atom. The Bertz CT molecular complexity index is 1240. The van der Waals surface area contributed by atoms with Gasteiger partial charge in [-0.05, 0) is 36.4 Å². The number of rotatable bonds is 6. The van der Waals surface area contributed by atoms with Crippen molar-refractivity contribution in [3.05, 3.63) is 54.1 Å². The topological polar surface area (TPSA) is 144 Å². The van der Waals surface area contributed by atoms with Gasteiger partial charge in [0.25, 0.3) is 21.8 Å². The number of esters is 1. The normalized spacial score (nSPS) is 14.8. The van der Waals surface area contributed by atoms with Crippen LogP contribution in [-0.2, 0) is 34.2 Å². The first kappa shape index (κ1) is 21.5. The Kier molecular flexibility index (Phi) is 5.63. The fraction of sp³-hybridized carbons (Fsp3) is 0.167. The quantitative estimate of drug-likeness (QED) is 0.621. The molecule has 1 heterocycles. The number of hydrogen-bond acceptors (Lipinski definition) is 8. The SMILES string of the molecule is CS(=O)(=O)c1ccc(NC(=O)COC(=O)CN2C(=O)c3ccccc3S2(=O)=O)cc1. The summed E-state index contributed by atoms with van der Waals surface area (Å²) in [6.07, 6.45) is 1.05. The number of anilines is 1. The molecule has 0 aliphatic carbocycles. The van der Waals surface area contributed by atoms with Gasteiger partial charge in [-0.2, -0.15) is 0 Å².